The number of hydrogen-bond acceptors (Lipinski definition) is 5. The summed E-state index contributed by atoms with van der Waals surface area (Å²) in [7, 11) is 5.80. The number of ether oxygens (including phenoxy) is 1. The standard InChI is InChI=1S/C21H26F4N4O.C5H12N2.CH3NO.Y/c1-14-11-16(22)18(28-6-5-20(3-4-20)21(23,24)25)12-15(14)17(27-2)13-19(26)29-7-9-30-10-8-29;1-7(2)5-3-6-4-5;2-1-3;/h11-13,28H,3-10H2,1-2H3;5-6H,3-4H2,1-2H3;1H,(H2,2,3);/q-2;;;/b17-13-;;;. The Kier molecular flexibility index (Phi) is 15.8. The Balaban J connectivity index is 0.000000649. The van der Waals surface area contributed by atoms with Crippen LogP contribution >= 0.6 is 0 Å². The number of rotatable bonds is 8. The number of amides is 1. The van der Waals surface area contributed by atoms with Crippen LogP contribution in [0.3, 0.4) is 0 Å². The van der Waals surface area contributed by atoms with Crippen molar-refractivity contribution in [1.82, 2.24) is 15.1 Å². The summed E-state index contributed by atoms with van der Waals surface area (Å²) in [5.74, 6) is -0.497. The van der Waals surface area contributed by atoms with Crippen LogP contribution in [0, 0.1) is 18.2 Å². The van der Waals surface area contributed by atoms with Gasteiger partial charge >= 0.3 is 6.18 Å². The predicted octanol–water partition coefficient (Wildman–Crippen LogP) is 3.54. The van der Waals surface area contributed by atoms with Crippen LogP contribution in [0.25, 0.3) is 16.4 Å². The molecule has 0 unspecified atom stereocenters. The number of nitrogens with two attached hydrogens (primary N) is 1. The quantitative estimate of drug-likeness (QED) is 0.170. The van der Waals surface area contributed by atoms with E-state index in [4.69, 9.17) is 9.53 Å². The minimum absolute atomic E-state index is 0. The molecule has 229 valence electrons. The van der Waals surface area contributed by atoms with Gasteiger partial charge in [0, 0.05) is 71.6 Å². The van der Waals surface area contributed by atoms with Gasteiger partial charge in [0.25, 0.3) is 0 Å². The number of hydrogen-bond donors (Lipinski definition) is 3. The van der Waals surface area contributed by atoms with Crippen LogP contribution in [-0.4, -0.2) is 101 Å². The molecule has 4 N–H and O–H groups in total. The van der Waals surface area contributed by atoms with Crippen LogP contribution in [-0.2, 0) is 42.2 Å². The van der Waals surface area contributed by atoms with Crippen LogP contribution in [0.2, 0.25) is 0 Å². The zero-order valence-corrected chi connectivity index (χ0v) is 27.1. The van der Waals surface area contributed by atoms with E-state index in [-0.39, 0.29) is 76.4 Å². The molecule has 3 aliphatic rings. The van der Waals surface area contributed by atoms with Crippen LogP contribution in [0.5, 0.6) is 0 Å². The maximum atomic E-state index is 14.4. The van der Waals surface area contributed by atoms with Crippen molar-refractivity contribution in [1.29, 1.82) is 0 Å². The predicted molar refractivity (Wildman–Crippen MR) is 151 cm³/mol. The zero-order chi connectivity index (χ0) is 29.9. The Bertz CT molecular complexity index is 1010. The van der Waals surface area contributed by atoms with Gasteiger partial charge in [-0.05, 0) is 76.6 Å². The molecule has 4 rings (SSSR count). The summed E-state index contributed by atoms with van der Waals surface area (Å²) in [6, 6.07) is 3.66. The molecular formula is C27H41F4N7O2Y-2. The van der Waals surface area contributed by atoms with E-state index in [2.05, 4.69) is 40.7 Å². The van der Waals surface area contributed by atoms with Crippen LogP contribution in [0.15, 0.2) is 18.2 Å². The largest absolute Gasteiger partial charge is 0.686 e. The van der Waals surface area contributed by atoms with Gasteiger partial charge in [-0.3, -0.25) is 4.79 Å². The Morgan fingerprint density at radius 3 is 2.29 bits per heavy atom. The Morgan fingerprint density at radius 1 is 1.29 bits per heavy atom. The van der Waals surface area contributed by atoms with Gasteiger partial charge < -0.3 is 41.6 Å². The average molecular weight is 661 g/mol. The third-order valence-electron chi connectivity index (χ3n) is 7.30. The van der Waals surface area contributed by atoms with Crippen molar-refractivity contribution in [2.75, 3.05) is 72.4 Å². The molecule has 41 heavy (non-hydrogen) atoms. The molecule has 1 aromatic rings. The number of likely N-dealkylation sites (N-methyl/N-ethyl adjacent to an activating group) is 1. The molecule has 3 fully saturated rings. The van der Waals surface area contributed by atoms with Crippen molar-refractivity contribution in [2.24, 2.45) is 11.1 Å². The number of carbonyl (C=O) groups is 1. The number of aryl methyl sites for hydroxylation is 1. The monoisotopic (exact) mass is 660 g/mol. The van der Waals surface area contributed by atoms with Gasteiger partial charge in [-0.25, -0.2) is 4.39 Å². The number of primary amides is 1. The molecule has 0 spiro atoms. The third kappa shape index (κ3) is 11.1. The first-order chi connectivity index (χ1) is 18.9. The number of amidine groups is 1. The van der Waals surface area contributed by atoms with E-state index in [9.17, 15) is 23.0 Å². The molecule has 1 aromatic carbocycles. The summed E-state index contributed by atoms with van der Waals surface area (Å²) in [5, 5.41) is 20.6. The Hall–Kier alpha value is -1.80. The number of nitrogens with zero attached hydrogens (tertiary/aromatic N) is 4. The summed E-state index contributed by atoms with van der Waals surface area (Å²) in [6.45, 7) is 6.21. The minimum Gasteiger partial charge on any atom is -0.686 e. The van der Waals surface area contributed by atoms with Crippen LogP contribution < -0.4 is 16.4 Å². The number of benzene rings is 1. The molecule has 0 aromatic heterocycles. The Morgan fingerprint density at radius 2 is 1.88 bits per heavy atom. The van der Waals surface area contributed by atoms with Gasteiger partial charge in [0.1, 0.15) is 5.82 Å². The topological polar surface area (TPSA) is 119 Å². The number of carbonyl (C=O) groups excluding carboxylic acids is 1. The van der Waals surface area contributed by atoms with Gasteiger partial charge in [0.15, 0.2) is 0 Å². The minimum atomic E-state index is -4.23. The zero-order valence-electron chi connectivity index (χ0n) is 24.2. The van der Waals surface area contributed by atoms with Gasteiger partial charge in [-0.1, -0.05) is 11.9 Å². The molecular weight excluding hydrogens is 619 g/mol. The fourth-order valence-electron chi connectivity index (χ4n) is 4.25. The summed E-state index contributed by atoms with van der Waals surface area (Å²) >= 11 is 0. The molecule has 1 saturated carbocycles. The van der Waals surface area contributed by atoms with Gasteiger partial charge in [0.2, 0.25) is 6.41 Å². The molecule has 0 atom stereocenters. The van der Waals surface area contributed by atoms with Crippen molar-refractivity contribution in [3.8, 4) is 0 Å². The molecule has 9 nitrogen and oxygen atoms in total. The van der Waals surface area contributed by atoms with Crippen molar-refractivity contribution >= 4 is 23.6 Å². The first kappa shape index (κ1) is 37.2. The summed E-state index contributed by atoms with van der Waals surface area (Å²) in [4.78, 5) is 12.6. The van der Waals surface area contributed by atoms with E-state index in [1.807, 2.05) is 0 Å². The number of anilines is 1. The summed E-state index contributed by atoms with van der Waals surface area (Å²) < 4.78 is 58.9. The molecule has 1 amide bonds. The van der Waals surface area contributed by atoms with Crippen molar-refractivity contribution < 1.29 is 59.8 Å². The van der Waals surface area contributed by atoms with Crippen molar-refractivity contribution in [2.45, 2.75) is 38.4 Å². The maximum Gasteiger partial charge on any atom is 0.394 e. The second-order valence-corrected chi connectivity index (χ2v) is 10.2. The molecule has 2 saturated heterocycles. The van der Waals surface area contributed by atoms with E-state index in [1.165, 1.54) is 31.3 Å². The van der Waals surface area contributed by atoms with E-state index in [1.54, 1.807) is 18.9 Å². The number of nitrogens with one attached hydrogen (secondary N) is 2. The fraction of sp³-hybridized carbons (Fsp3) is 0.630. The SMILES string of the molecule is CN(C)C1CNC1.C[N-]/C(=C\C(=[N-])N1CCOCC1)c1cc(NCCC2(C(F)(F)F)CC2)c(F)cc1C.NC=O.[Y]. The van der Waals surface area contributed by atoms with E-state index >= 15 is 0 Å². The van der Waals surface area contributed by atoms with E-state index in [0.717, 1.165) is 6.04 Å². The van der Waals surface area contributed by atoms with Crippen molar-refractivity contribution in [3.63, 3.8) is 0 Å². The fourth-order valence-corrected chi connectivity index (χ4v) is 4.25. The number of alkyl halides is 3. The second kappa shape index (κ2) is 17.4. The summed E-state index contributed by atoms with van der Waals surface area (Å²) in [6.07, 6.45) is -2.31. The van der Waals surface area contributed by atoms with Gasteiger partial charge in [-0.15, -0.1) is 12.7 Å². The summed E-state index contributed by atoms with van der Waals surface area (Å²) in [5.41, 5.74) is 4.31. The van der Waals surface area contributed by atoms with Crippen LogP contribution in [0.4, 0.5) is 23.2 Å². The molecule has 2 heterocycles. The normalized spacial score (nSPS) is 18.0. The second-order valence-electron chi connectivity index (χ2n) is 10.2. The molecule has 1 aliphatic carbocycles. The van der Waals surface area contributed by atoms with E-state index < -0.39 is 17.4 Å². The molecule has 1 radical (unpaired) electrons. The average Bonchev–Trinajstić information content (AvgIpc) is 3.65. The molecule has 0 bridgehead atoms. The maximum absolute atomic E-state index is 14.4. The van der Waals surface area contributed by atoms with E-state index in [0.29, 0.717) is 43.1 Å². The molecule has 14 heteroatoms. The van der Waals surface area contributed by atoms with Gasteiger partial charge in [-0.2, -0.15) is 13.2 Å². The van der Waals surface area contributed by atoms with Gasteiger partial charge in [0.05, 0.1) is 11.1 Å². The first-order valence-electron chi connectivity index (χ1n) is 13.2. The smallest absolute Gasteiger partial charge is 0.394 e. The number of halogens is 4. The Labute approximate surface area is 265 Å². The third-order valence-corrected chi connectivity index (χ3v) is 7.30. The first-order valence-corrected chi connectivity index (χ1v) is 13.2. The molecule has 2 aliphatic heterocycles. The number of morpholine rings is 1. The van der Waals surface area contributed by atoms with Crippen LogP contribution in [0.1, 0.15) is 30.4 Å². The van der Waals surface area contributed by atoms with Crippen molar-refractivity contribution in [3.05, 3.63) is 45.9 Å².